The summed E-state index contributed by atoms with van der Waals surface area (Å²) in [5, 5.41) is 0. The van der Waals surface area contributed by atoms with Gasteiger partial charge < -0.3 is 14.2 Å². The zero-order valence-corrected chi connectivity index (χ0v) is 51.1. The maximum atomic E-state index is 12.9. The van der Waals surface area contributed by atoms with Crippen molar-refractivity contribution in [1.82, 2.24) is 0 Å². The minimum atomic E-state index is -0.809. The maximum absolute atomic E-state index is 12.9. The van der Waals surface area contributed by atoms with Crippen molar-refractivity contribution in [2.45, 2.75) is 284 Å². The van der Waals surface area contributed by atoms with Gasteiger partial charge >= 0.3 is 17.9 Å². The first-order valence-electron chi connectivity index (χ1n) is 32.3. The molecule has 446 valence electrons. The lowest BCUT2D eigenvalue weighted by Crippen LogP contribution is -2.30. The molecule has 0 amide bonds. The highest BCUT2D eigenvalue weighted by atomic mass is 16.6. The summed E-state index contributed by atoms with van der Waals surface area (Å²) in [7, 11) is 0. The van der Waals surface area contributed by atoms with E-state index in [9.17, 15) is 14.4 Å². The average Bonchev–Trinajstić information content (AvgIpc) is 3.45. The lowest BCUT2D eigenvalue weighted by Gasteiger charge is -2.18. The van der Waals surface area contributed by atoms with E-state index in [-0.39, 0.29) is 37.5 Å². The van der Waals surface area contributed by atoms with Gasteiger partial charge in [0.1, 0.15) is 13.2 Å². The molecule has 0 bridgehead atoms. The fourth-order valence-corrected chi connectivity index (χ4v) is 8.57. The number of carbonyl (C=O) groups excluding carboxylic acids is 3. The Morgan fingerprint density at radius 1 is 0.266 bits per heavy atom. The fraction of sp³-hybridized carbons (Fsp3) is 0.630. The summed E-state index contributed by atoms with van der Waals surface area (Å²) in [5.74, 6) is -0.949. The Hall–Kier alpha value is -4.71. The van der Waals surface area contributed by atoms with Crippen LogP contribution in [0.2, 0.25) is 0 Å². The van der Waals surface area contributed by atoms with Gasteiger partial charge in [0.25, 0.3) is 0 Å². The molecule has 0 aromatic carbocycles. The third-order valence-corrected chi connectivity index (χ3v) is 13.3. The van der Waals surface area contributed by atoms with E-state index >= 15 is 0 Å². The number of unbranched alkanes of at least 4 members (excludes halogenated alkanes) is 22. The smallest absolute Gasteiger partial charge is 0.306 e. The van der Waals surface area contributed by atoms with Gasteiger partial charge in [0, 0.05) is 19.3 Å². The van der Waals surface area contributed by atoms with E-state index in [1.54, 1.807) is 0 Å². The molecule has 0 aliphatic rings. The molecular weight excluding hydrogens is 973 g/mol. The standard InChI is InChI=1S/C73H118O6/c1-4-7-10-13-16-19-22-25-28-30-32-34-36-38-40-42-45-48-51-54-57-60-63-66-72(75)78-69-70(68-77-71(74)65-62-59-56-53-50-47-44-27-24-21-18-15-12-9-6-3)79-73(76)67-64-61-58-55-52-49-46-43-41-39-37-35-33-31-29-26-23-20-17-14-11-8-5-2/h7-8,10-11,16-17,19-20,25-26,28-29,32-35,38-41,45-46,48-49,70H,4-6,9,12-15,18,21-24,27,30-31,36-37,42-44,47,50-69H2,1-3H3/b10-7-,11-8-,19-16-,20-17-,28-25-,29-26-,34-32-,35-33-,40-38-,41-39-,48-45-,49-46-. The van der Waals surface area contributed by atoms with Crippen LogP contribution in [0.5, 0.6) is 0 Å². The van der Waals surface area contributed by atoms with E-state index in [4.69, 9.17) is 14.2 Å². The van der Waals surface area contributed by atoms with E-state index in [0.29, 0.717) is 12.8 Å². The van der Waals surface area contributed by atoms with Crippen molar-refractivity contribution in [2.24, 2.45) is 0 Å². The van der Waals surface area contributed by atoms with Crippen LogP contribution in [0.1, 0.15) is 278 Å². The molecular formula is C73H118O6. The summed E-state index contributed by atoms with van der Waals surface area (Å²) in [6, 6.07) is 0. The van der Waals surface area contributed by atoms with Crippen LogP contribution in [0.15, 0.2) is 146 Å². The number of allylic oxidation sites excluding steroid dienone is 24. The van der Waals surface area contributed by atoms with Crippen molar-refractivity contribution < 1.29 is 28.6 Å². The van der Waals surface area contributed by atoms with Crippen LogP contribution in [0.3, 0.4) is 0 Å². The van der Waals surface area contributed by atoms with Gasteiger partial charge in [0.15, 0.2) is 6.10 Å². The molecule has 0 aromatic rings. The lowest BCUT2D eigenvalue weighted by atomic mass is 10.0. The molecule has 0 aliphatic heterocycles. The molecule has 0 saturated carbocycles. The van der Waals surface area contributed by atoms with Crippen molar-refractivity contribution in [3.8, 4) is 0 Å². The van der Waals surface area contributed by atoms with E-state index in [0.717, 1.165) is 161 Å². The highest BCUT2D eigenvalue weighted by molar-refractivity contribution is 5.71. The van der Waals surface area contributed by atoms with Crippen LogP contribution in [-0.4, -0.2) is 37.2 Å². The van der Waals surface area contributed by atoms with Crippen molar-refractivity contribution >= 4 is 17.9 Å². The normalized spacial score (nSPS) is 13.1. The molecule has 0 aliphatic carbocycles. The Morgan fingerprint density at radius 2 is 0.494 bits per heavy atom. The van der Waals surface area contributed by atoms with Crippen LogP contribution in [0.4, 0.5) is 0 Å². The molecule has 1 unspecified atom stereocenters. The van der Waals surface area contributed by atoms with Crippen LogP contribution < -0.4 is 0 Å². The lowest BCUT2D eigenvalue weighted by molar-refractivity contribution is -0.167. The molecule has 0 heterocycles. The molecule has 0 aromatic heterocycles. The first kappa shape index (κ1) is 74.3. The Kier molecular flexibility index (Phi) is 61.9. The molecule has 0 fully saturated rings. The van der Waals surface area contributed by atoms with E-state index in [1.165, 1.54) is 77.0 Å². The zero-order chi connectivity index (χ0) is 57.1. The minimum Gasteiger partial charge on any atom is -0.462 e. The van der Waals surface area contributed by atoms with Crippen LogP contribution in [0.25, 0.3) is 0 Å². The number of esters is 3. The average molecular weight is 1090 g/mol. The molecule has 6 heteroatoms. The first-order valence-corrected chi connectivity index (χ1v) is 32.3. The summed E-state index contributed by atoms with van der Waals surface area (Å²) in [5.41, 5.74) is 0. The third-order valence-electron chi connectivity index (χ3n) is 13.3. The van der Waals surface area contributed by atoms with E-state index in [1.807, 2.05) is 0 Å². The number of ether oxygens (including phenoxy) is 3. The first-order chi connectivity index (χ1) is 39.0. The van der Waals surface area contributed by atoms with Crippen molar-refractivity contribution in [1.29, 1.82) is 0 Å². The van der Waals surface area contributed by atoms with Crippen molar-refractivity contribution in [3.05, 3.63) is 146 Å². The second-order valence-electron chi connectivity index (χ2n) is 20.9. The molecule has 0 radical (unpaired) electrons. The monoisotopic (exact) mass is 1090 g/mol. The minimum absolute atomic E-state index is 0.100. The maximum Gasteiger partial charge on any atom is 0.306 e. The molecule has 6 nitrogen and oxygen atoms in total. The summed E-state index contributed by atoms with van der Waals surface area (Å²) in [6.45, 7) is 6.38. The molecule has 0 rings (SSSR count). The van der Waals surface area contributed by atoms with Crippen LogP contribution in [0, 0.1) is 0 Å². The van der Waals surface area contributed by atoms with E-state index < -0.39 is 6.10 Å². The van der Waals surface area contributed by atoms with Gasteiger partial charge in [-0.2, -0.15) is 0 Å². The van der Waals surface area contributed by atoms with Crippen LogP contribution in [-0.2, 0) is 28.6 Å². The molecule has 79 heavy (non-hydrogen) atoms. The summed E-state index contributed by atoms with van der Waals surface area (Å²) in [4.78, 5) is 38.4. The van der Waals surface area contributed by atoms with Gasteiger partial charge in [-0.1, -0.05) is 282 Å². The highest BCUT2D eigenvalue weighted by Crippen LogP contribution is 2.15. The second-order valence-corrected chi connectivity index (χ2v) is 20.9. The summed E-state index contributed by atoms with van der Waals surface area (Å²) >= 11 is 0. The number of carbonyl (C=O) groups is 3. The SMILES string of the molecule is CC/C=C\C/C=C\C/C=C\C/C=C\C/C=C\C/C=C\CCCCCCC(=O)OCC(COC(=O)CCCCCCCCCCCCCCCCC)OC(=O)CCCCCC/C=C\C/C=C\C/C=C\C/C=C\C/C=C\C/C=C\CC. The predicted octanol–water partition coefficient (Wildman–Crippen LogP) is 22.3. The summed E-state index contributed by atoms with van der Waals surface area (Å²) < 4.78 is 16.9. The van der Waals surface area contributed by atoms with E-state index in [2.05, 4.69) is 167 Å². The van der Waals surface area contributed by atoms with Gasteiger partial charge in [-0.3, -0.25) is 14.4 Å². The molecule has 1 atom stereocenters. The van der Waals surface area contributed by atoms with Gasteiger partial charge in [-0.25, -0.2) is 0 Å². The Bertz CT molecular complexity index is 1730. The van der Waals surface area contributed by atoms with Gasteiger partial charge in [-0.05, 0) is 122 Å². The molecule has 0 spiro atoms. The van der Waals surface area contributed by atoms with Gasteiger partial charge in [0.05, 0.1) is 0 Å². The molecule has 0 saturated heterocycles. The number of rotatable bonds is 57. The Labute approximate surface area is 487 Å². The quantitative estimate of drug-likeness (QED) is 0.0261. The van der Waals surface area contributed by atoms with Gasteiger partial charge in [0.2, 0.25) is 0 Å². The third kappa shape index (κ3) is 64.0. The topological polar surface area (TPSA) is 78.9 Å². The largest absolute Gasteiger partial charge is 0.462 e. The number of hydrogen-bond donors (Lipinski definition) is 0. The predicted molar refractivity (Wildman–Crippen MR) is 343 cm³/mol. The zero-order valence-electron chi connectivity index (χ0n) is 51.1. The fourth-order valence-electron chi connectivity index (χ4n) is 8.57. The Morgan fingerprint density at radius 3 is 0.772 bits per heavy atom. The number of hydrogen-bond acceptors (Lipinski definition) is 6. The Balaban J connectivity index is 4.50. The molecule has 0 N–H and O–H groups in total. The second kappa shape index (κ2) is 65.8. The van der Waals surface area contributed by atoms with Crippen molar-refractivity contribution in [2.75, 3.05) is 13.2 Å². The van der Waals surface area contributed by atoms with Gasteiger partial charge in [-0.15, -0.1) is 0 Å². The highest BCUT2D eigenvalue weighted by Gasteiger charge is 2.19. The van der Waals surface area contributed by atoms with Crippen LogP contribution >= 0.6 is 0 Å². The van der Waals surface area contributed by atoms with Crippen molar-refractivity contribution in [3.63, 3.8) is 0 Å². The summed E-state index contributed by atoms with van der Waals surface area (Å²) in [6.07, 6.45) is 94.1.